The van der Waals surface area contributed by atoms with Crippen molar-refractivity contribution in [3.05, 3.63) is 23.7 Å². The Balaban J connectivity index is 0.00000200. The lowest BCUT2D eigenvalue weighted by molar-refractivity contribution is -0.116. The van der Waals surface area contributed by atoms with Crippen LogP contribution in [0.2, 0.25) is 0 Å². The molecule has 0 saturated heterocycles. The average Bonchev–Trinajstić information content (AvgIpc) is 2.86. The zero-order chi connectivity index (χ0) is 13.5. The number of rotatable bonds is 7. The summed E-state index contributed by atoms with van der Waals surface area (Å²) in [6, 6.07) is 5.83. The Morgan fingerprint density at radius 2 is 2.05 bits per heavy atom. The van der Waals surface area contributed by atoms with E-state index in [4.69, 9.17) is 5.73 Å². The Hall–Kier alpha value is -1.17. The number of hydrogen-bond acceptors (Lipinski definition) is 4. The molecule has 0 radical (unpaired) electrons. The zero-order valence-corrected chi connectivity index (χ0v) is 12.9. The van der Waals surface area contributed by atoms with E-state index in [2.05, 4.69) is 10.3 Å². The topological polar surface area (TPSA) is 68.0 Å². The van der Waals surface area contributed by atoms with Gasteiger partial charge in [-0.15, -0.1) is 23.7 Å². The summed E-state index contributed by atoms with van der Waals surface area (Å²) in [6.45, 7) is 0.736. The van der Waals surface area contributed by atoms with Crippen LogP contribution in [0.25, 0.3) is 10.2 Å². The van der Waals surface area contributed by atoms with E-state index in [0.717, 1.165) is 48.1 Å². The number of fused-ring (bicyclic) bond motifs is 1. The molecule has 0 aliphatic carbocycles. The summed E-state index contributed by atoms with van der Waals surface area (Å²) in [5.41, 5.74) is 9.00. The number of halogens is 1. The Labute approximate surface area is 129 Å². The van der Waals surface area contributed by atoms with Crippen molar-refractivity contribution in [2.75, 3.05) is 11.9 Å². The highest BCUT2D eigenvalue weighted by molar-refractivity contribution is 7.16. The van der Waals surface area contributed by atoms with Gasteiger partial charge in [0, 0.05) is 12.1 Å². The number of nitrogens with one attached hydrogen (secondary N) is 1. The first-order chi connectivity index (χ1) is 9.29. The minimum atomic E-state index is 0. The molecule has 4 nitrogen and oxygen atoms in total. The number of hydrogen-bond donors (Lipinski definition) is 2. The number of anilines is 1. The lowest BCUT2D eigenvalue weighted by Crippen LogP contribution is -2.11. The number of amides is 1. The van der Waals surface area contributed by atoms with Crippen LogP contribution in [0, 0.1) is 0 Å². The van der Waals surface area contributed by atoms with Crippen LogP contribution in [0.3, 0.4) is 0 Å². The fraction of sp³-hybridized carbons (Fsp3) is 0.429. The van der Waals surface area contributed by atoms with Crippen molar-refractivity contribution in [3.8, 4) is 0 Å². The van der Waals surface area contributed by atoms with E-state index in [-0.39, 0.29) is 18.3 Å². The Bertz CT molecular complexity index is 544. The average molecular weight is 314 g/mol. The minimum absolute atomic E-state index is 0. The smallest absolute Gasteiger partial charge is 0.224 e. The summed E-state index contributed by atoms with van der Waals surface area (Å²) < 4.78 is 1.14. The molecule has 0 saturated carbocycles. The summed E-state index contributed by atoms with van der Waals surface area (Å²) in [4.78, 5) is 16.0. The van der Waals surface area contributed by atoms with Crippen LogP contribution in [0.1, 0.15) is 32.1 Å². The van der Waals surface area contributed by atoms with Crippen molar-refractivity contribution in [2.45, 2.75) is 32.1 Å². The van der Waals surface area contributed by atoms with Gasteiger partial charge >= 0.3 is 0 Å². The molecule has 110 valence electrons. The molecule has 1 aromatic heterocycles. The van der Waals surface area contributed by atoms with E-state index in [9.17, 15) is 4.79 Å². The van der Waals surface area contributed by atoms with Crippen molar-refractivity contribution in [1.82, 2.24) is 4.98 Å². The summed E-state index contributed by atoms with van der Waals surface area (Å²) in [5, 5.41) is 2.92. The van der Waals surface area contributed by atoms with Crippen LogP contribution in [0.5, 0.6) is 0 Å². The van der Waals surface area contributed by atoms with Gasteiger partial charge in [-0.05, 0) is 37.6 Å². The molecule has 0 bridgehead atoms. The van der Waals surface area contributed by atoms with Crippen LogP contribution in [0.4, 0.5) is 5.69 Å². The molecule has 2 aromatic rings. The lowest BCUT2D eigenvalue weighted by atomic mass is 10.1. The maximum atomic E-state index is 11.8. The van der Waals surface area contributed by atoms with Crippen LogP contribution >= 0.6 is 23.7 Å². The fourth-order valence-electron chi connectivity index (χ4n) is 1.94. The molecular weight excluding hydrogens is 294 g/mol. The van der Waals surface area contributed by atoms with E-state index < -0.39 is 0 Å². The van der Waals surface area contributed by atoms with Gasteiger partial charge in [0.15, 0.2) is 0 Å². The molecule has 0 aliphatic heterocycles. The van der Waals surface area contributed by atoms with E-state index >= 15 is 0 Å². The highest BCUT2D eigenvalue weighted by Gasteiger charge is 2.04. The molecular formula is C14H20ClN3OS. The number of thiazole rings is 1. The molecule has 1 amide bonds. The van der Waals surface area contributed by atoms with Crippen molar-refractivity contribution < 1.29 is 4.79 Å². The molecule has 0 spiro atoms. The van der Waals surface area contributed by atoms with Gasteiger partial charge in [-0.3, -0.25) is 4.79 Å². The normalized spacial score (nSPS) is 10.2. The molecule has 3 N–H and O–H groups in total. The maximum absolute atomic E-state index is 11.8. The van der Waals surface area contributed by atoms with Crippen LogP contribution in [-0.2, 0) is 4.79 Å². The number of aromatic nitrogens is 1. The van der Waals surface area contributed by atoms with E-state index in [1.54, 1.807) is 11.3 Å². The standard InChI is InChI=1S/C14H19N3OS.ClH/c15-8-4-2-1-3-5-14(18)17-11-6-7-13-12(9-11)16-10-19-13;/h6-7,9-10H,1-5,8,15H2,(H,17,18);1H. The van der Waals surface area contributed by atoms with Gasteiger partial charge in [0.25, 0.3) is 0 Å². The third-order valence-electron chi connectivity index (χ3n) is 2.97. The molecule has 0 unspecified atom stereocenters. The van der Waals surface area contributed by atoms with Gasteiger partial charge in [0.05, 0.1) is 15.7 Å². The van der Waals surface area contributed by atoms with Gasteiger partial charge in [-0.1, -0.05) is 12.8 Å². The first-order valence-electron chi connectivity index (χ1n) is 6.63. The quantitative estimate of drug-likeness (QED) is 0.768. The maximum Gasteiger partial charge on any atom is 0.224 e. The van der Waals surface area contributed by atoms with Gasteiger partial charge in [-0.2, -0.15) is 0 Å². The third kappa shape index (κ3) is 5.07. The molecule has 0 atom stereocenters. The van der Waals surface area contributed by atoms with Gasteiger partial charge in [0.1, 0.15) is 0 Å². The number of carbonyl (C=O) groups is 1. The minimum Gasteiger partial charge on any atom is -0.330 e. The van der Waals surface area contributed by atoms with Crippen LogP contribution in [-0.4, -0.2) is 17.4 Å². The van der Waals surface area contributed by atoms with Crippen molar-refractivity contribution in [3.63, 3.8) is 0 Å². The molecule has 2 rings (SSSR count). The number of carbonyl (C=O) groups excluding carboxylic acids is 1. The van der Waals surface area contributed by atoms with Crippen molar-refractivity contribution in [1.29, 1.82) is 0 Å². The van der Waals surface area contributed by atoms with Gasteiger partial charge < -0.3 is 11.1 Å². The van der Waals surface area contributed by atoms with Crippen molar-refractivity contribution >= 4 is 45.6 Å². The Morgan fingerprint density at radius 3 is 2.85 bits per heavy atom. The van der Waals surface area contributed by atoms with Crippen LogP contribution < -0.4 is 11.1 Å². The lowest BCUT2D eigenvalue weighted by Gasteiger charge is -2.05. The molecule has 0 fully saturated rings. The van der Waals surface area contributed by atoms with E-state index in [0.29, 0.717) is 6.42 Å². The predicted molar refractivity (Wildman–Crippen MR) is 87.6 cm³/mol. The largest absolute Gasteiger partial charge is 0.330 e. The first-order valence-corrected chi connectivity index (χ1v) is 7.51. The molecule has 0 aliphatic rings. The molecule has 1 heterocycles. The summed E-state index contributed by atoms with van der Waals surface area (Å²) in [6.07, 6.45) is 4.71. The monoisotopic (exact) mass is 313 g/mol. The second-order valence-corrected chi connectivity index (χ2v) is 5.42. The number of unbranched alkanes of at least 4 members (excludes halogenated alkanes) is 3. The number of benzene rings is 1. The van der Waals surface area contributed by atoms with Gasteiger partial charge in [-0.25, -0.2) is 4.98 Å². The summed E-state index contributed by atoms with van der Waals surface area (Å²) in [7, 11) is 0. The highest BCUT2D eigenvalue weighted by atomic mass is 35.5. The Kier molecular flexibility index (Phi) is 7.51. The van der Waals surface area contributed by atoms with E-state index in [1.165, 1.54) is 0 Å². The highest BCUT2D eigenvalue weighted by Crippen LogP contribution is 2.21. The number of nitrogens with zero attached hydrogens (tertiary/aromatic N) is 1. The second-order valence-electron chi connectivity index (χ2n) is 4.54. The summed E-state index contributed by atoms with van der Waals surface area (Å²) in [5.74, 6) is 0.0716. The molecule has 20 heavy (non-hydrogen) atoms. The van der Waals surface area contributed by atoms with E-state index in [1.807, 2.05) is 23.7 Å². The van der Waals surface area contributed by atoms with Crippen molar-refractivity contribution in [2.24, 2.45) is 5.73 Å². The SMILES string of the molecule is Cl.NCCCCCCC(=O)Nc1ccc2scnc2c1. The molecule has 6 heteroatoms. The third-order valence-corrected chi connectivity index (χ3v) is 3.78. The van der Waals surface area contributed by atoms with Crippen LogP contribution in [0.15, 0.2) is 23.7 Å². The van der Waals surface area contributed by atoms with Gasteiger partial charge in [0.2, 0.25) is 5.91 Å². The second kappa shape index (κ2) is 8.89. The number of nitrogens with two attached hydrogens (primary N) is 1. The predicted octanol–water partition coefficient (Wildman–Crippen LogP) is 3.57. The fourth-order valence-corrected chi connectivity index (χ4v) is 2.60. The summed E-state index contributed by atoms with van der Waals surface area (Å²) >= 11 is 1.60. The Morgan fingerprint density at radius 1 is 1.25 bits per heavy atom. The zero-order valence-electron chi connectivity index (χ0n) is 11.3. The first kappa shape index (κ1) is 16.9. The molecule has 1 aromatic carbocycles.